The summed E-state index contributed by atoms with van der Waals surface area (Å²) in [5.74, 6) is 1.43. The molecule has 1 saturated heterocycles. The Balaban J connectivity index is 1.33. The normalized spacial score (nSPS) is 15.4. The lowest BCUT2D eigenvalue weighted by molar-refractivity contribution is -0.126. The van der Waals surface area contributed by atoms with Crippen molar-refractivity contribution in [2.24, 2.45) is 5.92 Å². The average molecular weight is 435 g/mol. The quantitative estimate of drug-likeness (QED) is 0.588. The van der Waals surface area contributed by atoms with E-state index in [-0.39, 0.29) is 17.9 Å². The number of rotatable bonds is 7. The van der Waals surface area contributed by atoms with Crippen LogP contribution < -0.4 is 15.0 Å². The molecule has 168 valence electrons. The van der Waals surface area contributed by atoms with Crippen LogP contribution in [0.4, 0.5) is 6.01 Å². The van der Waals surface area contributed by atoms with Crippen molar-refractivity contribution < 1.29 is 13.9 Å². The fraction of sp³-hybridized carbons (Fsp3) is 0.400. The molecule has 2 aromatic carbocycles. The van der Waals surface area contributed by atoms with E-state index in [1.807, 2.05) is 55.5 Å². The molecule has 7 nitrogen and oxygen atoms in total. The van der Waals surface area contributed by atoms with Crippen molar-refractivity contribution in [2.75, 3.05) is 25.1 Å². The average Bonchev–Trinajstić information content (AvgIpc) is 3.33. The van der Waals surface area contributed by atoms with Gasteiger partial charge in [0, 0.05) is 24.6 Å². The number of piperidine rings is 1. The minimum atomic E-state index is -0.0157. The first-order chi connectivity index (χ1) is 15.6. The fourth-order valence-electron chi connectivity index (χ4n) is 4.04. The molecular formula is C25H30N4O3. The maximum absolute atomic E-state index is 12.9. The van der Waals surface area contributed by atoms with Gasteiger partial charge in [-0.2, -0.15) is 0 Å². The van der Waals surface area contributed by atoms with E-state index < -0.39 is 0 Å². The highest BCUT2D eigenvalue weighted by molar-refractivity contribution is 5.79. The van der Waals surface area contributed by atoms with Gasteiger partial charge in [0.05, 0.1) is 13.2 Å². The molecular weight excluding hydrogens is 404 g/mol. The lowest BCUT2D eigenvalue weighted by Crippen LogP contribution is -2.41. The zero-order valence-electron chi connectivity index (χ0n) is 18.9. The number of carbonyl (C=O) groups is 1. The van der Waals surface area contributed by atoms with Crippen molar-refractivity contribution in [3.8, 4) is 17.2 Å². The third kappa shape index (κ3) is 4.93. The van der Waals surface area contributed by atoms with Crippen molar-refractivity contribution >= 4 is 11.9 Å². The first kappa shape index (κ1) is 21.9. The van der Waals surface area contributed by atoms with Gasteiger partial charge in [0.25, 0.3) is 0 Å². The number of hydrogen-bond acceptors (Lipinski definition) is 6. The van der Waals surface area contributed by atoms with E-state index in [1.165, 1.54) is 5.56 Å². The summed E-state index contributed by atoms with van der Waals surface area (Å²) in [6.07, 6.45) is 2.35. The molecule has 1 aliphatic rings. The summed E-state index contributed by atoms with van der Waals surface area (Å²) in [5, 5.41) is 11.6. The van der Waals surface area contributed by atoms with Gasteiger partial charge < -0.3 is 19.4 Å². The van der Waals surface area contributed by atoms with Crippen LogP contribution in [0.3, 0.4) is 0 Å². The predicted octanol–water partition coefficient (Wildman–Crippen LogP) is 4.54. The van der Waals surface area contributed by atoms with Crippen LogP contribution in [0.1, 0.15) is 43.4 Å². The number of aromatic nitrogens is 2. The Kier molecular flexibility index (Phi) is 6.73. The molecule has 3 aromatic rings. The van der Waals surface area contributed by atoms with E-state index >= 15 is 0 Å². The predicted molar refractivity (Wildman–Crippen MR) is 124 cm³/mol. The SMILES string of the molecule is CC[C@@H](NC(=O)C1CCN(c2nnc(-c3ccc(C)cc3)o2)CC1)c1ccc(OC)cc1. The molecule has 0 unspecified atom stereocenters. The molecule has 0 aliphatic carbocycles. The Morgan fingerprint density at radius 2 is 1.81 bits per heavy atom. The summed E-state index contributed by atoms with van der Waals surface area (Å²) in [5.41, 5.74) is 3.19. The van der Waals surface area contributed by atoms with Crippen molar-refractivity contribution in [3.05, 3.63) is 59.7 Å². The molecule has 0 spiro atoms. The van der Waals surface area contributed by atoms with Gasteiger partial charge in [-0.1, -0.05) is 41.9 Å². The van der Waals surface area contributed by atoms with Gasteiger partial charge in [0.2, 0.25) is 11.8 Å². The number of aryl methyl sites for hydroxylation is 1. The number of anilines is 1. The van der Waals surface area contributed by atoms with E-state index in [0.29, 0.717) is 25.0 Å². The fourth-order valence-corrected chi connectivity index (χ4v) is 4.04. The second-order valence-corrected chi connectivity index (χ2v) is 8.26. The van der Waals surface area contributed by atoms with Crippen LogP contribution in [0.2, 0.25) is 0 Å². The maximum atomic E-state index is 12.9. The second-order valence-electron chi connectivity index (χ2n) is 8.26. The molecule has 7 heteroatoms. The number of amides is 1. The zero-order valence-corrected chi connectivity index (χ0v) is 18.9. The van der Waals surface area contributed by atoms with Gasteiger partial charge in [-0.25, -0.2) is 0 Å². The van der Waals surface area contributed by atoms with Crippen LogP contribution in [0.5, 0.6) is 5.75 Å². The van der Waals surface area contributed by atoms with Crippen molar-refractivity contribution in [2.45, 2.75) is 39.2 Å². The second kappa shape index (κ2) is 9.85. The lowest BCUT2D eigenvalue weighted by Gasteiger charge is -2.31. The summed E-state index contributed by atoms with van der Waals surface area (Å²) in [6, 6.07) is 16.4. The Labute approximate surface area is 188 Å². The summed E-state index contributed by atoms with van der Waals surface area (Å²) in [7, 11) is 1.65. The van der Waals surface area contributed by atoms with Crippen molar-refractivity contribution in [1.82, 2.24) is 15.5 Å². The smallest absolute Gasteiger partial charge is 0.318 e. The minimum absolute atomic E-state index is 0.000515. The van der Waals surface area contributed by atoms with Crippen LogP contribution in [0.25, 0.3) is 11.5 Å². The zero-order chi connectivity index (χ0) is 22.5. The Morgan fingerprint density at radius 3 is 2.44 bits per heavy atom. The molecule has 1 amide bonds. The van der Waals surface area contributed by atoms with Crippen molar-refractivity contribution in [1.29, 1.82) is 0 Å². The summed E-state index contributed by atoms with van der Waals surface area (Å²) in [6.45, 7) is 5.56. The van der Waals surface area contributed by atoms with E-state index in [0.717, 1.165) is 36.1 Å². The van der Waals surface area contributed by atoms with Gasteiger partial charge in [0.1, 0.15) is 5.75 Å². The standard InChI is InChI=1S/C25H30N4O3/c1-4-22(18-9-11-21(31-3)12-10-18)26-23(30)19-13-15-29(16-14-19)25-28-27-24(32-25)20-7-5-17(2)6-8-20/h5-12,19,22H,4,13-16H2,1-3H3,(H,26,30)/t22-/m1/s1. The molecule has 4 rings (SSSR count). The largest absolute Gasteiger partial charge is 0.497 e. The monoisotopic (exact) mass is 434 g/mol. The number of hydrogen-bond donors (Lipinski definition) is 1. The van der Waals surface area contributed by atoms with Crippen LogP contribution in [0.15, 0.2) is 52.9 Å². The Morgan fingerprint density at radius 1 is 1.12 bits per heavy atom. The highest BCUT2D eigenvalue weighted by Gasteiger charge is 2.28. The van der Waals surface area contributed by atoms with Gasteiger partial charge in [0.15, 0.2) is 0 Å². The van der Waals surface area contributed by atoms with Gasteiger partial charge in [-0.3, -0.25) is 4.79 Å². The number of nitrogens with one attached hydrogen (secondary N) is 1. The molecule has 2 heterocycles. The maximum Gasteiger partial charge on any atom is 0.318 e. The van der Waals surface area contributed by atoms with Gasteiger partial charge in [-0.15, -0.1) is 5.10 Å². The molecule has 1 aromatic heterocycles. The Bertz CT molecular complexity index is 1020. The first-order valence-corrected chi connectivity index (χ1v) is 11.2. The first-order valence-electron chi connectivity index (χ1n) is 11.2. The van der Waals surface area contributed by atoms with Crippen LogP contribution >= 0.6 is 0 Å². The lowest BCUT2D eigenvalue weighted by atomic mass is 9.95. The number of carbonyl (C=O) groups excluding carboxylic acids is 1. The Hall–Kier alpha value is -3.35. The van der Waals surface area contributed by atoms with E-state index in [2.05, 4.69) is 27.3 Å². The third-order valence-electron chi connectivity index (χ3n) is 6.09. The highest BCUT2D eigenvalue weighted by atomic mass is 16.5. The number of benzene rings is 2. The third-order valence-corrected chi connectivity index (χ3v) is 6.09. The van der Waals surface area contributed by atoms with Gasteiger partial charge >= 0.3 is 6.01 Å². The van der Waals surface area contributed by atoms with E-state index in [9.17, 15) is 4.79 Å². The summed E-state index contributed by atoms with van der Waals surface area (Å²) >= 11 is 0. The molecule has 1 N–H and O–H groups in total. The molecule has 0 saturated carbocycles. The molecule has 0 bridgehead atoms. The molecule has 1 fully saturated rings. The topological polar surface area (TPSA) is 80.5 Å². The minimum Gasteiger partial charge on any atom is -0.497 e. The number of ether oxygens (including phenoxy) is 1. The van der Waals surface area contributed by atoms with E-state index in [4.69, 9.17) is 9.15 Å². The van der Waals surface area contributed by atoms with Crippen LogP contribution in [-0.2, 0) is 4.79 Å². The molecule has 1 aliphatic heterocycles. The van der Waals surface area contributed by atoms with Crippen LogP contribution in [0, 0.1) is 12.8 Å². The molecule has 1 atom stereocenters. The van der Waals surface area contributed by atoms with Crippen LogP contribution in [-0.4, -0.2) is 36.3 Å². The number of nitrogens with zero attached hydrogens (tertiary/aromatic N) is 3. The summed E-state index contributed by atoms with van der Waals surface area (Å²) < 4.78 is 11.1. The van der Waals surface area contributed by atoms with Crippen molar-refractivity contribution in [3.63, 3.8) is 0 Å². The molecule has 32 heavy (non-hydrogen) atoms. The highest BCUT2D eigenvalue weighted by Crippen LogP contribution is 2.27. The van der Waals surface area contributed by atoms with Gasteiger partial charge in [-0.05, 0) is 56.0 Å². The number of methoxy groups -OCH3 is 1. The summed E-state index contributed by atoms with van der Waals surface area (Å²) in [4.78, 5) is 15.0. The molecule has 0 radical (unpaired) electrons. The van der Waals surface area contributed by atoms with E-state index in [1.54, 1.807) is 7.11 Å².